The third-order valence-electron chi connectivity index (χ3n) is 4.77. The van der Waals surface area contributed by atoms with Crippen LogP contribution in [-0.4, -0.2) is 52.4 Å². The van der Waals surface area contributed by atoms with E-state index >= 15 is 0 Å². The maximum Gasteiger partial charge on any atom is 0.256 e. The summed E-state index contributed by atoms with van der Waals surface area (Å²) < 4.78 is 13.7. The highest BCUT2D eigenvalue weighted by Gasteiger charge is 2.35. The molecule has 2 fully saturated rings. The third kappa shape index (κ3) is 3.22. The molecule has 23 heavy (non-hydrogen) atoms. The van der Waals surface area contributed by atoms with Gasteiger partial charge >= 0.3 is 0 Å². The summed E-state index contributed by atoms with van der Waals surface area (Å²) in [5, 5.41) is 10.1. The molecule has 1 aliphatic carbocycles. The number of aliphatic hydroxyl groups excluding tert-OH is 1. The van der Waals surface area contributed by atoms with Crippen LogP contribution < -0.4 is 0 Å². The summed E-state index contributed by atoms with van der Waals surface area (Å²) in [4.78, 5) is 27.8. The molecule has 1 aliphatic heterocycles. The highest BCUT2D eigenvalue weighted by Crippen LogP contribution is 2.26. The smallest absolute Gasteiger partial charge is 0.256 e. The van der Waals surface area contributed by atoms with Gasteiger partial charge in [-0.25, -0.2) is 4.39 Å². The molecule has 0 spiro atoms. The molecule has 6 heteroatoms. The van der Waals surface area contributed by atoms with Crippen LogP contribution in [0.15, 0.2) is 24.3 Å². The van der Waals surface area contributed by atoms with Crippen molar-refractivity contribution in [1.29, 1.82) is 0 Å². The van der Waals surface area contributed by atoms with Gasteiger partial charge in [0.05, 0.1) is 6.54 Å². The van der Waals surface area contributed by atoms with Crippen LogP contribution >= 0.6 is 0 Å². The van der Waals surface area contributed by atoms with Crippen LogP contribution in [0.4, 0.5) is 4.39 Å². The fraction of sp³-hybridized carbons (Fsp3) is 0.529. The molecular formula is C17H21FN2O3. The molecule has 0 radical (unpaired) electrons. The van der Waals surface area contributed by atoms with E-state index in [0.717, 1.165) is 25.7 Å². The van der Waals surface area contributed by atoms with Crippen molar-refractivity contribution in [2.75, 3.05) is 19.6 Å². The number of amides is 2. The SMILES string of the molecule is O=C([C@H](O)c1ccccc1F)N1CCN(C2CCCC2)C(=O)C1. The molecule has 1 atom stereocenters. The van der Waals surface area contributed by atoms with Gasteiger partial charge in [-0.15, -0.1) is 0 Å². The van der Waals surface area contributed by atoms with Crippen LogP contribution in [0.2, 0.25) is 0 Å². The van der Waals surface area contributed by atoms with Gasteiger partial charge < -0.3 is 14.9 Å². The zero-order valence-corrected chi connectivity index (χ0v) is 12.9. The van der Waals surface area contributed by atoms with Gasteiger partial charge in [-0.1, -0.05) is 31.0 Å². The monoisotopic (exact) mass is 320 g/mol. The molecule has 1 aromatic rings. The Hall–Kier alpha value is -1.95. The number of rotatable bonds is 3. The zero-order chi connectivity index (χ0) is 16.4. The molecule has 0 bridgehead atoms. The van der Waals surface area contributed by atoms with Crippen LogP contribution in [-0.2, 0) is 9.59 Å². The van der Waals surface area contributed by atoms with E-state index in [-0.39, 0.29) is 24.1 Å². The van der Waals surface area contributed by atoms with Gasteiger partial charge in [0.15, 0.2) is 6.10 Å². The highest BCUT2D eigenvalue weighted by atomic mass is 19.1. The Morgan fingerprint density at radius 3 is 2.57 bits per heavy atom. The first-order valence-electron chi connectivity index (χ1n) is 8.08. The van der Waals surface area contributed by atoms with Crippen LogP contribution in [0, 0.1) is 5.82 Å². The normalized spacial score (nSPS) is 20.9. The van der Waals surface area contributed by atoms with E-state index < -0.39 is 17.8 Å². The first-order valence-corrected chi connectivity index (χ1v) is 8.08. The summed E-state index contributed by atoms with van der Waals surface area (Å²) >= 11 is 0. The molecule has 124 valence electrons. The molecule has 1 heterocycles. The molecule has 1 saturated carbocycles. The summed E-state index contributed by atoms with van der Waals surface area (Å²) in [7, 11) is 0. The second-order valence-electron chi connectivity index (χ2n) is 6.21. The molecule has 1 saturated heterocycles. The average Bonchev–Trinajstić information content (AvgIpc) is 3.08. The van der Waals surface area contributed by atoms with E-state index in [1.165, 1.54) is 23.1 Å². The largest absolute Gasteiger partial charge is 0.378 e. The number of carbonyl (C=O) groups is 2. The van der Waals surface area contributed by atoms with Gasteiger partial charge in [0, 0.05) is 24.7 Å². The van der Waals surface area contributed by atoms with Crippen LogP contribution in [0.25, 0.3) is 0 Å². The van der Waals surface area contributed by atoms with E-state index in [0.29, 0.717) is 13.1 Å². The Bertz CT molecular complexity index is 601. The summed E-state index contributed by atoms with van der Waals surface area (Å²) in [5.74, 6) is -1.32. The Kier molecular flexibility index (Phi) is 4.61. The molecule has 5 nitrogen and oxygen atoms in total. The summed E-state index contributed by atoms with van der Waals surface area (Å²) in [6, 6.07) is 5.94. The number of aliphatic hydroxyl groups is 1. The minimum absolute atomic E-state index is 0.0408. The molecule has 0 aromatic heterocycles. The fourth-order valence-corrected chi connectivity index (χ4v) is 3.48. The molecule has 1 N–H and O–H groups in total. The lowest BCUT2D eigenvalue weighted by Crippen LogP contribution is -2.55. The maximum atomic E-state index is 13.7. The molecule has 0 unspecified atom stereocenters. The van der Waals surface area contributed by atoms with E-state index in [1.807, 2.05) is 4.90 Å². The topological polar surface area (TPSA) is 60.9 Å². The van der Waals surface area contributed by atoms with Crippen molar-refractivity contribution in [2.24, 2.45) is 0 Å². The molecule has 2 amide bonds. The van der Waals surface area contributed by atoms with E-state index in [4.69, 9.17) is 0 Å². The van der Waals surface area contributed by atoms with Crippen LogP contribution in [0.5, 0.6) is 0 Å². The molecule has 2 aliphatic rings. The summed E-state index contributed by atoms with van der Waals surface area (Å²) in [5.41, 5.74) is -0.0526. The second kappa shape index (κ2) is 6.66. The second-order valence-corrected chi connectivity index (χ2v) is 6.21. The lowest BCUT2D eigenvalue weighted by Gasteiger charge is -2.38. The first-order chi connectivity index (χ1) is 11.1. The number of hydrogen-bond donors (Lipinski definition) is 1. The predicted octanol–water partition coefficient (Wildman–Crippen LogP) is 1.47. The quantitative estimate of drug-likeness (QED) is 0.917. The lowest BCUT2D eigenvalue weighted by molar-refractivity contribution is -0.152. The van der Waals surface area contributed by atoms with Gasteiger partial charge in [-0.05, 0) is 18.9 Å². The van der Waals surface area contributed by atoms with Crippen molar-refractivity contribution in [1.82, 2.24) is 9.80 Å². The number of hydrogen-bond acceptors (Lipinski definition) is 3. The average molecular weight is 320 g/mol. The van der Waals surface area contributed by atoms with Crippen molar-refractivity contribution in [3.8, 4) is 0 Å². The van der Waals surface area contributed by atoms with Crippen molar-refractivity contribution in [3.05, 3.63) is 35.6 Å². The van der Waals surface area contributed by atoms with Crippen molar-refractivity contribution < 1.29 is 19.1 Å². The van der Waals surface area contributed by atoms with Gasteiger partial charge in [-0.3, -0.25) is 9.59 Å². The number of halogens is 1. The van der Waals surface area contributed by atoms with E-state index in [2.05, 4.69) is 0 Å². The zero-order valence-electron chi connectivity index (χ0n) is 12.9. The third-order valence-corrected chi connectivity index (χ3v) is 4.77. The Morgan fingerprint density at radius 1 is 1.22 bits per heavy atom. The number of piperazine rings is 1. The Balaban J connectivity index is 1.65. The predicted molar refractivity (Wildman–Crippen MR) is 81.9 cm³/mol. The fourth-order valence-electron chi connectivity index (χ4n) is 3.48. The Labute approximate surface area is 134 Å². The van der Waals surface area contributed by atoms with Gasteiger partial charge in [0.25, 0.3) is 5.91 Å². The van der Waals surface area contributed by atoms with Crippen LogP contribution in [0.3, 0.4) is 0 Å². The lowest BCUT2D eigenvalue weighted by atomic mass is 10.1. The molecule has 1 aromatic carbocycles. The van der Waals surface area contributed by atoms with Crippen molar-refractivity contribution >= 4 is 11.8 Å². The van der Waals surface area contributed by atoms with Gasteiger partial charge in [0.2, 0.25) is 5.91 Å². The molecular weight excluding hydrogens is 299 g/mol. The number of carbonyl (C=O) groups excluding carboxylic acids is 2. The van der Waals surface area contributed by atoms with E-state index in [9.17, 15) is 19.1 Å². The van der Waals surface area contributed by atoms with Crippen molar-refractivity contribution in [2.45, 2.75) is 37.8 Å². The summed E-state index contributed by atoms with van der Waals surface area (Å²) in [6.07, 6.45) is 2.77. The van der Waals surface area contributed by atoms with Gasteiger partial charge in [0.1, 0.15) is 5.82 Å². The minimum atomic E-state index is -1.57. The molecule has 3 rings (SSSR count). The van der Waals surface area contributed by atoms with Crippen LogP contribution in [0.1, 0.15) is 37.4 Å². The number of nitrogens with zero attached hydrogens (tertiary/aromatic N) is 2. The Morgan fingerprint density at radius 2 is 1.91 bits per heavy atom. The maximum absolute atomic E-state index is 13.7. The highest BCUT2D eigenvalue weighted by molar-refractivity contribution is 5.88. The summed E-state index contributed by atoms with van der Waals surface area (Å²) in [6.45, 7) is 0.826. The minimum Gasteiger partial charge on any atom is -0.378 e. The van der Waals surface area contributed by atoms with Gasteiger partial charge in [-0.2, -0.15) is 0 Å². The standard InChI is InChI=1S/C17H21FN2O3/c18-14-8-4-3-7-13(14)16(22)17(23)19-9-10-20(15(21)11-19)12-5-1-2-6-12/h3-4,7-8,12,16,22H,1-2,5-6,9-11H2/t16-/m1/s1. The first kappa shape index (κ1) is 15.9. The van der Waals surface area contributed by atoms with E-state index in [1.54, 1.807) is 6.07 Å². The van der Waals surface area contributed by atoms with Crippen molar-refractivity contribution in [3.63, 3.8) is 0 Å². The number of benzene rings is 1.